The highest BCUT2D eigenvalue weighted by Crippen LogP contribution is 2.48. The molecular weight excluding hydrogens is 433 g/mol. The van der Waals surface area contributed by atoms with E-state index in [0.717, 1.165) is 0 Å². The second kappa shape index (κ2) is 6.52. The molecule has 1 aromatic rings. The van der Waals surface area contributed by atoms with Crippen LogP contribution in [0.4, 0.5) is 14.9 Å². The van der Waals surface area contributed by atoms with Crippen LogP contribution in [-0.4, -0.2) is 42.6 Å². The molecule has 150 valence electrons. The predicted molar refractivity (Wildman–Crippen MR) is 102 cm³/mol. The maximum Gasteiger partial charge on any atom is 0.328 e. The summed E-state index contributed by atoms with van der Waals surface area (Å²) in [6.07, 6.45) is -0.572. The summed E-state index contributed by atoms with van der Waals surface area (Å²) in [7, 11) is 0. The lowest BCUT2D eigenvalue weighted by atomic mass is 9.65. The Morgan fingerprint density at radius 3 is 2.50 bits per heavy atom. The average Bonchev–Trinajstić information content (AvgIpc) is 2.60. The summed E-state index contributed by atoms with van der Waals surface area (Å²) in [5.41, 5.74) is -0.233. The number of hydrogen-bond donors (Lipinski definition) is 2. The number of carbonyl (C=O) groups excluding carboxylic acids is 3. The number of anilines is 1. The van der Waals surface area contributed by atoms with E-state index >= 15 is 0 Å². The van der Waals surface area contributed by atoms with E-state index in [4.69, 9.17) is 4.74 Å². The van der Waals surface area contributed by atoms with Crippen molar-refractivity contribution in [3.8, 4) is 0 Å². The SMILES string of the molecule is CC(C)[C@@H]1O[C@H](C)CN2c3cc(F)c(Br)cc3CC3(C(=O)NC(=O)NC3=O)[C@@H]12. The van der Waals surface area contributed by atoms with Crippen LogP contribution in [0.25, 0.3) is 0 Å². The lowest BCUT2D eigenvalue weighted by Crippen LogP contribution is -2.76. The first-order valence-corrected chi connectivity index (χ1v) is 10.0. The first-order valence-electron chi connectivity index (χ1n) is 9.22. The van der Waals surface area contributed by atoms with Crippen molar-refractivity contribution in [1.82, 2.24) is 10.6 Å². The van der Waals surface area contributed by atoms with Crippen molar-refractivity contribution < 1.29 is 23.5 Å². The molecule has 9 heteroatoms. The Hall–Kier alpha value is -2.00. The summed E-state index contributed by atoms with van der Waals surface area (Å²) < 4.78 is 20.8. The number of halogens is 2. The number of benzene rings is 1. The Morgan fingerprint density at radius 1 is 1.25 bits per heavy atom. The van der Waals surface area contributed by atoms with Crippen LogP contribution in [0.2, 0.25) is 0 Å². The molecule has 0 unspecified atom stereocenters. The molecule has 28 heavy (non-hydrogen) atoms. The third kappa shape index (κ3) is 2.67. The zero-order valence-electron chi connectivity index (χ0n) is 15.7. The van der Waals surface area contributed by atoms with Gasteiger partial charge in [0.15, 0.2) is 5.41 Å². The number of fused-ring (bicyclic) bond motifs is 4. The smallest absolute Gasteiger partial charge is 0.328 e. The summed E-state index contributed by atoms with van der Waals surface area (Å²) in [4.78, 5) is 39.8. The van der Waals surface area contributed by atoms with Crippen LogP contribution in [-0.2, 0) is 20.7 Å². The lowest BCUT2D eigenvalue weighted by Gasteiger charge is -2.56. The van der Waals surface area contributed by atoms with Crippen LogP contribution >= 0.6 is 15.9 Å². The normalized spacial score (nSPS) is 28.7. The van der Waals surface area contributed by atoms with Crippen molar-refractivity contribution in [3.63, 3.8) is 0 Å². The molecule has 3 aliphatic rings. The number of nitrogens with one attached hydrogen (secondary N) is 2. The van der Waals surface area contributed by atoms with E-state index in [-0.39, 0.29) is 22.9 Å². The molecule has 2 N–H and O–H groups in total. The first kappa shape index (κ1) is 19.3. The minimum absolute atomic E-state index is 0.00722. The van der Waals surface area contributed by atoms with Gasteiger partial charge in [-0.3, -0.25) is 20.2 Å². The first-order chi connectivity index (χ1) is 13.1. The minimum atomic E-state index is -1.55. The molecule has 2 fully saturated rings. The largest absolute Gasteiger partial charge is 0.371 e. The van der Waals surface area contributed by atoms with Crippen LogP contribution in [0.1, 0.15) is 26.3 Å². The second-order valence-corrected chi connectivity index (χ2v) is 8.89. The number of barbiturate groups is 1. The summed E-state index contributed by atoms with van der Waals surface area (Å²) in [6.45, 7) is 6.22. The standard InChI is InChI=1S/C19H21BrFN3O4/c1-8(2)14-15-19(16(25)22-18(27)23-17(19)26)6-10-4-11(20)12(21)5-13(10)24(15)7-9(3)28-14/h4-5,8-9,14-15H,6-7H2,1-3H3,(H2,22,23,25,26,27)/t9-,14+,15-/m1/s1. The van der Waals surface area contributed by atoms with Gasteiger partial charge in [0.2, 0.25) is 11.8 Å². The van der Waals surface area contributed by atoms with Crippen LogP contribution in [0.3, 0.4) is 0 Å². The molecule has 0 aromatic heterocycles. The van der Waals surface area contributed by atoms with Gasteiger partial charge in [0.25, 0.3) is 0 Å². The lowest BCUT2D eigenvalue weighted by molar-refractivity contribution is -0.156. The number of amides is 4. The second-order valence-electron chi connectivity index (χ2n) is 8.03. The van der Waals surface area contributed by atoms with Crippen molar-refractivity contribution in [2.75, 3.05) is 11.4 Å². The summed E-state index contributed by atoms with van der Waals surface area (Å²) in [5, 5.41) is 4.51. The van der Waals surface area contributed by atoms with E-state index in [0.29, 0.717) is 17.8 Å². The third-order valence-corrected chi connectivity index (χ3v) is 6.42. The van der Waals surface area contributed by atoms with Gasteiger partial charge in [-0.05, 0) is 52.9 Å². The van der Waals surface area contributed by atoms with Gasteiger partial charge in [-0.25, -0.2) is 9.18 Å². The number of hydrogen-bond acceptors (Lipinski definition) is 5. The summed E-state index contributed by atoms with van der Waals surface area (Å²) in [6, 6.07) is 1.54. The Balaban J connectivity index is 1.96. The minimum Gasteiger partial charge on any atom is -0.371 e. The topological polar surface area (TPSA) is 87.7 Å². The molecule has 7 nitrogen and oxygen atoms in total. The number of morpholine rings is 1. The van der Waals surface area contributed by atoms with Gasteiger partial charge in [0.05, 0.1) is 22.7 Å². The van der Waals surface area contributed by atoms with Crippen LogP contribution in [0.15, 0.2) is 16.6 Å². The van der Waals surface area contributed by atoms with Gasteiger partial charge in [0.1, 0.15) is 5.82 Å². The number of rotatable bonds is 1. The monoisotopic (exact) mass is 453 g/mol. The van der Waals surface area contributed by atoms with Crippen molar-refractivity contribution in [1.29, 1.82) is 0 Å². The van der Waals surface area contributed by atoms with Crippen LogP contribution in [0, 0.1) is 17.2 Å². The molecule has 0 aliphatic carbocycles. The van der Waals surface area contributed by atoms with E-state index in [1.54, 1.807) is 6.07 Å². The van der Waals surface area contributed by atoms with E-state index in [9.17, 15) is 18.8 Å². The highest BCUT2D eigenvalue weighted by Gasteiger charge is 2.63. The van der Waals surface area contributed by atoms with Crippen molar-refractivity contribution in [2.45, 2.75) is 45.4 Å². The molecule has 4 rings (SSSR count). The summed E-state index contributed by atoms with van der Waals surface area (Å²) in [5.74, 6) is -1.72. The van der Waals surface area contributed by atoms with E-state index in [1.807, 2.05) is 25.7 Å². The fourth-order valence-corrected chi connectivity index (χ4v) is 5.05. The Bertz CT molecular complexity index is 870. The quantitative estimate of drug-likeness (QED) is 0.635. The third-order valence-electron chi connectivity index (χ3n) is 5.82. The molecular formula is C19H21BrFN3O4. The molecule has 3 aliphatic heterocycles. The molecule has 0 bridgehead atoms. The number of nitrogens with zero attached hydrogens (tertiary/aromatic N) is 1. The van der Waals surface area contributed by atoms with E-state index in [1.165, 1.54) is 6.07 Å². The number of imide groups is 2. The highest BCUT2D eigenvalue weighted by molar-refractivity contribution is 9.10. The number of urea groups is 1. The van der Waals surface area contributed by atoms with E-state index in [2.05, 4.69) is 26.6 Å². The van der Waals surface area contributed by atoms with Crippen molar-refractivity contribution >= 4 is 39.5 Å². The predicted octanol–water partition coefficient (Wildman–Crippen LogP) is 2.11. The number of carbonyl (C=O) groups is 3. The molecule has 1 spiro atoms. The van der Waals surface area contributed by atoms with Gasteiger partial charge >= 0.3 is 6.03 Å². The van der Waals surface area contributed by atoms with Gasteiger partial charge in [-0.1, -0.05) is 13.8 Å². The molecule has 0 radical (unpaired) electrons. The molecule has 3 heterocycles. The van der Waals surface area contributed by atoms with E-state index < -0.39 is 41.2 Å². The molecule has 3 atom stereocenters. The van der Waals surface area contributed by atoms with Crippen molar-refractivity contribution in [3.05, 3.63) is 28.0 Å². The average molecular weight is 454 g/mol. The Morgan fingerprint density at radius 2 is 1.89 bits per heavy atom. The van der Waals surface area contributed by atoms with Gasteiger partial charge < -0.3 is 9.64 Å². The Kier molecular flexibility index (Phi) is 4.50. The molecule has 0 saturated carbocycles. The van der Waals surface area contributed by atoms with Crippen LogP contribution in [0.5, 0.6) is 0 Å². The number of ether oxygens (including phenoxy) is 1. The van der Waals surface area contributed by atoms with Crippen LogP contribution < -0.4 is 15.5 Å². The summed E-state index contributed by atoms with van der Waals surface area (Å²) >= 11 is 3.19. The zero-order valence-corrected chi connectivity index (χ0v) is 17.3. The van der Waals surface area contributed by atoms with Crippen molar-refractivity contribution in [2.24, 2.45) is 11.3 Å². The fourth-order valence-electron chi connectivity index (χ4n) is 4.65. The molecule has 2 saturated heterocycles. The van der Waals surface area contributed by atoms with Gasteiger partial charge in [-0.15, -0.1) is 0 Å². The maximum absolute atomic E-state index is 14.3. The van der Waals surface area contributed by atoms with Gasteiger partial charge in [0, 0.05) is 12.2 Å². The molecule has 1 aromatic carbocycles. The fraction of sp³-hybridized carbons (Fsp3) is 0.526. The zero-order chi connectivity index (χ0) is 20.4. The Labute approximate surface area is 170 Å². The van der Waals surface area contributed by atoms with Gasteiger partial charge in [-0.2, -0.15) is 0 Å². The molecule has 4 amide bonds. The maximum atomic E-state index is 14.3. The highest BCUT2D eigenvalue weighted by atomic mass is 79.9.